The topological polar surface area (TPSA) is 57.7 Å². The Kier molecular flexibility index (Phi) is 8.61. The Balaban J connectivity index is 4.13. The minimum Gasteiger partial charge on any atom is -0.382 e. The molecule has 0 radical (unpaired) electrons. The van der Waals surface area contributed by atoms with Crippen molar-refractivity contribution in [1.29, 1.82) is 5.26 Å². The Morgan fingerprint density at radius 1 is 1.35 bits per heavy atom. The standard InChI is InChI=1S/C13H25N3O/c1-5-6-7-8-9-13(3,11-14)16-15-12(2)10-17-4/h12H,5-10H2,1-4H3. The zero-order chi connectivity index (χ0) is 13.1. The van der Waals surface area contributed by atoms with E-state index in [1.807, 2.05) is 13.8 Å². The van der Waals surface area contributed by atoms with Crippen LogP contribution in [0.25, 0.3) is 0 Å². The lowest BCUT2D eigenvalue weighted by Gasteiger charge is -2.15. The van der Waals surface area contributed by atoms with Crippen LogP contribution in [0.15, 0.2) is 10.2 Å². The average molecular weight is 239 g/mol. The maximum absolute atomic E-state index is 9.15. The van der Waals surface area contributed by atoms with Gasteiger partial charge in [0.15, 0.2) is 5.54 Å². The first-order valence-electron chi connectivity index (χ1n) is 6.40. The van der Waals surface area contributed by atoms with Gasteiger partial charge in [-0.1, -0.05) is 26.2 Å². The minimum absolute atomic E-state index is 0.0170. The summed E-state index contributed by atoms with van der Waals surface area (Å²) < 4.78 is 4.98. The normalized spacial score (nSPS) is 16.6. The maximum atomic E-state index is 9.15. The summed E-state index contributed by atoms with van der Waals surface area (Å²) in [5, 5.41) is 17.5. The van der Waals surface area contributed by atoms with Gasteiger partial charge >= 0.3 is 0 Å². The molecule has 4 nitrogen and oxygen atoms in total. The molecule has 0 N–H and O–H groups in total. The quantitative estimate of drug-likeness (QED) is 0.454. The van der Waals surface area contributed by atoms with Crippen molar-refractivity contribution < 1.29 is 4.74 Å². The molecule has 98 valence electrons. The lowest BCUT2D eigenvalue weighted by Crippen LogP contribution is -2.19. The number of nitriles is 1. The molecule has 0 rings (SSSR count). The summed E-state index contributed by atoms with van der Waals surface area (Å²) in [5.74, 6) is 0. The van der Waals surface area contributed by atoms with Gasteiger partial charge in [-0.05, 0) is 26.7 Å². The SMILES string of the molecule is CCCCCCC(C)(C#N)N=NC(C)COC. The highest BCUT2D eigenvalue weighted by Crippen LogP contribution is 2.19. The van der Waals surface area contributed by atoms with Crippen molar-refractivity contribution in [1.82, 2.24) is 0 Å². The molecule has 0 amide bonds. The van der Waals surface area contributed by atoms with Crippen molar-refractivity contribution in [2.45, 2.75) is 64.5 Å². The van der Waals surface area contributed by atoms with E-state index in [0.29, 0.717) is 6.61 Å². The van der Waals surface area contributed by atoms with E-state index in [0.717, 1.165) is 19.3 Å². The molecule has 0 fully saturated rings. The van der Waals surface area contributed by atoms with Gasteiger partial charge in [-0.15, -0.1) is 0 Å². The lowest BCUT2D eigenvalue weighted by molar-refractivity contribution is 0.182. The Bertz CT molecular complexity index is 260. The van der Waals surface area contributed by atoms with Crippen molar-refractivity contribution in [3.63, 3.8) is 0 Å². The predicted octanol–water partition coefficient (Wildman–Crippen LogP) is 3.73. The van der Waals surface area contributed by atoms with E-state index in [-0.39, 0.29) is 6.04 Å². The summed E-state index contributed by atoms with van der Waals surface area (Å²) in [5.41, 5.74) is -0.671. The van der Waals surface area contributed by atoms with E-state index in [1.54, 1.807) is 7.11 Å². The molecule has 0 aliphatic rings. The van der Waals surface area contributed by atoms with E-state index in [9.17, 15) is 0 Å². The van der Waals surface area contributed by atoms with Crippen LogP contribution in [-0.4, -0.2) is 25.3 Å². The third-order valence-electron chi connectivity index (χ3n) is 2.64. The average Bonchev–Trinajstić information content (AvgIpc) is 2.33. The van der Waals surface area contributed by atoms with Crippen LogP contribution < -0.4 is 0 Å². The highest BCUT2D eigenvalue weighted by Gasteiger charge is 2.22. The minimum atomic E-state index is -0.671. The van der Waals surface area contributed by atoms with Crippen LogP contribution >= 0.6 is 0 Å². The number of ether oxygens (including phenoxy) is 1. The second-order valence-corrected chi connectivity index (χ2v) is 4.72. The van der Waals surface area contributed by atoms with Crippen LogP contribution in [0.5, 0.6) is 0 Å². The smallest absolute Gasteiger partial charge is 0.164 e. The monoisotopic (exact) mass is 239 g/mol. The molecule has 2 unspecified atom stereocenters. The second kappa shape index (κ2) is 9.12. The number of hydrogen-bond donors (Lipinski definition) is 0. The molecule has 0 spiro atoms. The van der Waals surface area contributed by atoms with Gasteiger partial charge in [-0.2, -0.15) is 15.5 Å². The Hall–Kier alpha value is -0.950. The molecule has 0 aromatic carbocycles. The first-order chi connectivity index (χ1) is 8.08. The predicted molar refractivity (Wildman–Crippen MR) is 69.0 cm³/mol. The summed E-state index contributed by atoms with van der Waals surface area (Å²) in [6, 6.07) is 2.27. The van der Waals surface area contributed by atoms with Gasteiger partial charge in [0.25, 0.3) is 0 Å². The van der Waals surface area contributed by atoms with E-state index in [1.165, 1.54) is 12.8 Å². The third kappa shape index (κ3) is 7.87. The molecule has 0 saturated heterocycles. The Labute approximate surface area is 105 Å². The maximum Gasteiger partial charge on any atom is 0.164 e. The summed E-state index contributed by atoms with van der Waals surface area (Å²) in [6.07, 6.45) is 5.41. The molecular formula is C13H25N3O. The number of hydrogen-bond acceptors (Lipinski definition) is 4. The van der Waals surface area contributed by atoms with Gasteiger partial charge in [0.1, 0.15) is 0 Å². The second-order valence-electron chi connectivity index (χ2n) is 4.72. The highest BCUT2D eigenvalue weighted by molar-refractivity contribution is 5.03. The van der Waals surface area contributed by atoms with Gasteiger partial charge in [-0.25, -0.2) is 0 Å². The van der Waals surface area contributed by atoms with Gasteiger partial charge in [0.05, 0.1) is 18.7 Å². The fourth-order valence-electron chi connectivity index (χ4n) is 1.52. The number of unbranched alkanes of at least 4 members (excludes halogenated alkanes) is 3. The molecular weight excluding hydrogens is 214 g/mol. The molecule has 17 heavy (non-hydrogen) atoms. The van der Waals surface area contributed by atoms with Crippen molar-refractivity contribution >= 4 is 0 Å². The van der Waals surface area contributed by atoms with E-state index in [2.05, 4.69) is 23.2 Å². The van der Waals surface area contributed by atoms with Gasteiger partial charge in [0.2, 0.25) is 0 Å². The first kappa shape index (κ1) is 16.1. The largest absolute Gasteiger partial charge is 0.382 e. The lowest BCUT2D eigenvalue weighted by atomic mass is 9.97. The van der Waals surface area contributed by atoms with E-state index >= 15 is 0 Å². The molecule has 0 aromatic heterocycles. The van der Waals surface area contributed by atoms with Gasteiger partial charge in [-0.3, -0.25) is 0 Å². The number of methoxy groups -OCH3 is 1. The fourth-order valence-corrected chi connectivity index (χ4v) is 1.52. The molecule has 2 atom stereocenters. The molecule has 4 heteroatoms. The zero-order valence-corrected chi connectivity index (χ0v) is 11.6. The number of nitrogens with zero attached hydrogens (tertiary/aromatic N) is 3. The van der Waals surface area contributed by atoms with Crippen LogP contribution in [0.3, 0.4) is 0 Å². The van der Waals surface area contributed by atoms with Gasteiger partial charge < -0.3 is 4.74 Å². The van der Waals surface area contributed by atoms with E-state index in [4.69, 9.17) is 10.00 Å². The van der Waals surface area contributed by atoms with E-state index < -0.39 is 5.54 Å². The van der Waals surface area contributed by atoms with Gasteiger partial charge in [0, 0.05) is 7.11 Å². The molecule has 0 aliphatic heterocycles. The summed E-state index contributed by atoms with van der Waals surface area (Å²) in [6.45, 7) is 6.50. The molecule has 0 aromatic rings. The summed E-state index contributed by atoms with van der Waals surface area (Å²) >= 11 is 0. The summed E-state index contributed by atoms with van der Waals surface area (Å²) in [7, 11) is 1.64. The van der Waals surface area contributed by atoms with Crippen molar-refractivity contribution in [3.8, 4) is 6.07 Å². The fraction of sp³-hybridized carbons (Fsp3) is 0.923. The van der Waals surface area contributed by atoms with Crippen LogP contribution in [0.4, 0.5) is 0 Å². The Morgan fingerprint density at radius 2 is 2.06 bits per heavy atom. The van der Waals surface area contributed by atoms with Crippen LogP contribution in [0, 0.1) is 11.3 Å². The van der Waals surface area contributed by atoms with Crippen molar-refractivity contribution in [2.24, 2.45) is 10.2 Å². The highest BCUT2D eigenvalue weighted by atomic mass is 16.5. The number of azo groups is 1. The molecule has 0 heterocycles. The molecule has 0 saturated carbocycles. The zero-order valence-electron chi connectivity index (χ0n) is 11.6. The summed E-state index contributed by atoms with van der Waals surface area (Å²) in [4.78, 5) is 0. The van der Waals surface area contributed by atoms with Crippen molar-refractivity contribution in [3.05, 3.63) is 0 Å². The molecule has 0 aliphatic carbocycles. The Morgan fingerprint density at radius 3 is 2.59 bits per heavy atom. The van der Waals surface area contributed by atoms with Crippen LogP contribution in [0.1, 0.15) is 52.9 Å². The number of rotatable bonds is 9. The van der Waals surface area contributed by atoms with Crippen LogP contribution in [-0.2, 0) is 4.74 Å². The molecule has 0 bridgehead atoms. The third-order valence-corrected chi connectivity index (χ3v) is 2.64. The van der Waals surface area contributed by atoms with Crippen LogP contribution in [0.2, 0.25) is 0 Å². The van der Waals surface area contributed by atoms with Crippen molar-refractivity contribution in [2.75, 3.05) is 13.7 Å². The first-order valence-corrected chi connectivity index (χ1v) is 6.40.